The summed E-state index contributed by atoms with van der Waals surface area (Å²) in [5.74, 6) is 0. The van der Waals surface area contributed by atoms with Gasteiger partial charge in [-0.15, -0.1) is 0 Å². The van der Waals surface area contributed by atoms with Crippen molar-refractivity contribution in [3.8, 4) is 0 Å². The first-order chi connectivity index (χ1) is 9.58. The van der Waals surface area contributed by atoms with Gasteiger partial charge in [0.05, 0.1) is 0 Å². The van der Waals surface area contributed by atoms with Crippen molar-refractivity contribution in [2.45, 2.75) is 45.3 Å². The van der Waals surface area contributed by atoms with Crippen molar-refractivity contribution < 1.29 is 4.74 Å². The Hall–Kier alpha value is -0.580. The van der Waals surface area contributed by atoms with E-state index in [9.17, 15) is 0 Å². The number of benzene rings is 1. The zero-order chi connectivity index (χ0) is 14.5. The summed E-state index contributed by atoms with van der Waals surface area (Å²) in [6, 6.07) is 7.65. The van der Waals surface area contributed by atoms with Gasteiger partial charge in [0.2, 0.25) is 0 Å². The number of nitrogens with one attached hydrogen (secondary N) is 1. The first-order valence-electron chi connectivity index (χ1n) is 7.40. The molecule has 2 rings (SSSR count). The molecule has 3 nitrogen and oxygen atoms in total. The minimum atomic E-state index is 0.496. The minimum absolute atomic E-state index is 0.496. The molecule has 1 aromatic rings. The predicted molar refractivity (Wildman–Crippen MR) is 88.4 cm³/mol. The van der Waals surface area contributed by atoms with Crippen LogP contribution in [0.5, 0.6) is 0 Å². The molecule has 1 fully saturated rings. The first-order valence-corrected chi connectivity index (χ1v) is 8.19. The molecular weight excluding hydrogens is 316 g/mol. The molecule has 20 heavy (non-hydrogen) atoms. The molecule has 4 heteroatoms. The lowest BCUT2D eigenvalue weighted by atomic mass is 10.0. The molecule has 0 spiro atoms. The quantitative estimate of drug-likeness (QED) is 0.886. The number of nitrogens with zero attached hydrogens (tertiary/aromatic N) is 1. The van der Waals surface area contributed by atoms with E-state index in [2.05, 4.69) is 65.2 Å². The van der Waals surface area contributed by atoms with Crippen molar-refractivity contribution in [2.75, 3.05) is 25.2 Å². The molecule has 0 atom stereocenters. The topological polar surface area (TPSA) is 24.5 Å². The Morgan fingerprint density at radius 1 is 1.35 bits per heavy atom. The molecule has 1 heterocycles. The van der Waals surface area contributed by atoms with Gasteiger partial charge in [0.1, 0.15) is 0 Å². The van der Waals surface area contributed by atoms with E-state index < -0.39 is 0 Å². The Bertz CT molecular complexity index is 430. The smallest absolute Gasteiger partial charge is 0.0485 e. The van der Waals surface area contributed by atoms with Crippen LogP contribution in [0, 0.1) is 0 Å². The molecule has 0 amide bonds. The van der Waals surface area contributed by atoms with Gasteiger partial charge in [-0.3, -0.25) is 0 Å². The summed E-state index contributed by atoms with van der Waals surface area (Å²) in [6.45, 7) is 7.02. The maximum atomic E-state index is 5.47. The van der Waals surface area contributed by atoms with Crippen molar-refractivity contribution in [1.29, 1.82) is 0 Å². The number of rotatable bonds is 5. The van der Waals surface area contributed by atoms with Crippen LogP contribution in [-0.4, -0.2) is 32.3 Å². The number of halogens is 1. The van der Waals surface area contributed by atoms with Crippen molar-refractivity contribution in [3.05, 3.63) is 28.2 Å². The molecule has 1 aliphatic heterocycles. The van der Waals surface area contributed by atoms with E-state index in [1.54, 1.807) is 0 Å². The standard InChI is InChI=1S/C16H25BrN2O/c1-12(2)18-11-13-10-14(17)4-5-16(13)19(3)15-6-8-20-9-7-15/h4-5,10,12,15,18H,6-9,11H2,1-3H3. The van der Waals surface area contributed by atoms with Gasteiger partial charge >= 0.3 is 0 Å². The van der Waals surface area contributed by atoms with Gasteiger partial charge in [-0.25, -0.2) is 0 Å². The second-order valence-electron chi connectivity index (χ2n) is 5.76. The third-order valence-corrected chi connectivity index (χ3v) is 4.35. The first kappa shape index (κ1) is 15.8. The molecule has 0 saturated carbocycles. The summed E-state index contributed by atoms with van der Waals surface area (Å²) in [6.07, 6.45) is 2.23. The lowest BCUT2D eigenvalue weighted by Crippen LogP contribution is -2.37. The number of anilines is 1. The van der Waals surface area contributed by atoms with Crippen LogP contribution in [0.4, 0.5) is 5.69 Å². The van der Waals surface area contributed by atoms with E-state index in [0.717, 1.165) is 37.1 Å². The zero-order valence-electron chi connectivity index (χ0n) is 12.7. The molecule has 112 valence electrons. The van der Waals surface area contributed by atoms with Crippen LogP contribution in [0.15, 0.2) is 22.7 Å². The fourth-order valence-corrected chi connectivity index (χ4v) is 3.03. The highest BCUT2D eigenvalue weighted by atomic mass is 79.9. The Kier molecular flexibility index (Phi) is 5.87. The second kappa shape index (κ2) is 7.43. The summed E-state index contributed by atoms with van der Waals surface area (Å²) < 4.78 is 6.61. The van der Waals surface area contributed by atoms with Gasteiger partial charge in [0.25, 0.3) is 0 Å². The van der Waals surface area contributed by atoms with Gasteiger partial charge in [-0.2, -0.15) is 0 Å². The Balaban J connectivity index is 2.15. The SMILES string of the molecule is CC(C)NCc1cc(Br)ccc1N(C)C1CCOCC1. The van der Waals surface area contributed by atoms with Crippen LogP contribution in [0.25, 0.3) is 0 Å². The predicted octanol–water partition coefficient (Wildman–Crippen LogP) is 3.56. The fourth-order valence-electron chi connectivity index (χ4n) is 2.62. The Morgan fingerprint density at radius 3 is 2.70 bits per heavy atom. The average molecular weight is 341 g/mol. The van der Waals surface area contributed by atoms with Gasteiger partial charge in [0, 0.05) is 49.0 Å². The van der Waals surface area contributed by atoms with Crippen LogP contribution < -0.4 is 10.2 Å². The summed E-state index contributed by atoms with van der Waals surface area (Å²) >= 11 is 3.58. The van der Waals surface area contributed by atoms with Crippen LogP contribution in [-0.2, 0) is 11.3 Å². The molecule has 1 saturated heterocycles. The molecule has 1 aromatic carbocycles. The van der Waals surface area contributed by atoms with Crippen LogP contribution in [0.1, 0.15) is 32.3 Å². The van der Waals surface area contributed by atoms with E-state index in [0.29, 0.717) is 12.1 Å². The molecule has 0 bridgehead atoms. The number of hydrogen-bond acceptors (Lipinski definition) is 3. The highest BCUT2D eigenvalue weighted by molar-refractivity contribution is 9.10. The summed E-state index contributed by atoms with van der Waals surface area (Å²) in [5.41, 5.74) is 2.68. The lowest BCUT2D eigenvalue weighted by molar-refractivity contribution is 0.0854. The monoisotopic (exact) mass is 340 g/mol. The van der Waals surface area contributed by atoms with Crippen molar-refractivity contribution in [3.63, 3.8) is 0 Å². The number of hydrogen-bond donors (Lipinski definition) is 1. The van der Waals surface area contributed by atoms with Gasteiger partial charge < -0.3 is 15.0 Å². The van der Waals surface area contributed by atoms with Gasteiger partial charge in [-0.05, 0) is 36.6 Å². The maximum absolute atomic E-state index is 5.47. The van der Waals surface area contributed by atoms with Crippen molar-refractivity contribution in [1.82, 2.24) is 5.32 Å². The molecule has 0 aliphatic carbocycles. The largest absolute Gasteiger partial charge is 0.381 e. The normalized spacial score (nSPS) is 16.6. The lowest BCUT2D eigenvalue weighted by Gasteiger charge is -2.34. The molecule has 0 unspecified atom stereocenters. The van der Waals surface area contributed by atoms with Crippen LogP contribution in [0.3, 0.4) is 0 Å². The highest BCUT2D eigenvalue weighted by Crippen LogP contribution is 2.27. The van der Waals surface area contributed by atoms with E-state index in [1.165, 1.54) is 11.3 Å². The van der Waals surface area contributed by atoms with E-state index in [4.69, 9.17) is 4.74 Å². The van der Waals surface area contributed by atoms with Crippen molar-refractivity contribution >= 4 is 21.6 Å². The third-order valence-electron chi connectivity index (χ3n) is 3.86. The summed E-state index contributed by atoms with van der Waals surface area (Å²) in [5, 5.41) is 3.51. The Labute approximate surface area is 130 Å². The van der Waals surface area contributed by atoms with E-state index in [1.807, 2.05) is 0 Å². The minimum Gasteiger partial charge on any atom is -0.381 e. The maximum Gasteiger partial charge on any atom is 0.0485 e. The highest BCUT2D eigenvalue weighted by Gasteiger charge is 2.20. The van der Waals surface area contributed by atoms with E-state index in [-0.39, 0.29) is 0 Å². The molecule has 1 aliphatic rings. The molecule has 1 N–H and O–H groups in total. The molecule has 0 aromatic heterocycles. The molecule has 0 radical (unpaired) electrons. The zero-order valence-corrected chi connectivity index (χ0v) is 14.2. The third kappa shape index (κ3) is 4.21. The van der Waals surface area contributed by atoms with Gasteiger partial charge in [0.15, 0.2) is 0 Å². The Morgan fingerprint density at radius 2 is 2.05 bits per heavy atom. The van der Waals surface area contributed by atoms with E-state index >= 15 is 0 Å². The van der Waals surface area contributed by atoms with Gasteiger partial charge in [-0.1, -0.05) is 29.8 Å². The van der Waals surface area contributed by atoms with Crippen LogP contribution >= 0.6 is 15.9 Å². The van der Waals surface area contributed by atoms with Crippen molar-refractivity contribution in [2.24, 2.45) is 0 Å². The second-order valence-corrected chi connectivity index (χ2v) is 6.68. The summed E-state index contributed by atoms with van der Waals surface area (Å²) in [7, 11) is 2.21. The number of ether oxygens (including phenoxy) is 1. The fraction of sp³-hybridized carbons (Fsp3) is 0.625. The van der Waals surface area contributed by atoms with Crippen LogP contribution in [0.2, 0.25) is 0 Å². The average Bonchev–Trinajstić information content (AvgIpc) is 2.45. The summed E-state index contributed by atoms with van der Waals surface area (Å²) in [4.78, 5) is 2.42. The molecular formula is C16H25BrN2O.